The van der Waals surface area contributed by atoms with Gasteiger partial charge in [0.25, 0.3) is 0 Å². The number of hydrogen-bond acceptors (Lipinski definition) is 5. The lowest BCUT2D eigenvalue weighted by Crippen LogP contribution is -2.38. The summed E-state index contributed by atoms with van der Waals surface area (Å²) in [6.07, 6.45) is 0.618. The second-order valence-electron chi connectivity index (χ2n) is 6.15. The lowest BCUT2D eigenvalue weighted by molar-refractivity contribution is -0.117. The summed E-state index contributed by atoms with van der Waals surface area (Å²) in [5.41, 5.74) is 3.17. The highest BCUT2D eigenvalue weighted by Gasteiger charge is 2.17. The van der Waals surface area contributed by atoms with E-state index >= 15 is 0 Å². The van der Waals surface area contributed by atoms with Crippen LogP contribution in [-0.2, 0) is 11.2 Å². The van der Waals surface area contributed by atoms with E-state index in [0.717, 1.165) is 22.6 Å². The molecule has 3 aromatic rings. The van der Waals surface area contributed by atoms with Gasteiger partial charge in [-0.25, -0.2) is 4.79 Å². The average Bonchev–Trinajstić information content (AvgIpc) is 3.09. The number of urea groups is 1. The van der Waals surface area contributed by atoms with E-state index in [4.69, 9.17) is 0 Å². The highest BCUT2D eigenvalue weighted by molar-refractivity contribution is 7.99. The summed E-state index contributed by atoms with van der Waals surface area (Å²) in [6, 6.07) is 17.5. The third kappa shape index (κ3) is 4.98. The van der Waals surface area contributed by atoms with Crippen molar-refractivity contribution in [2.24, 2.45) is 0 Å². The molecule has 28 heavy (non-hydrogen) atoms. The molecule has 0 atom stereocenters. The minimum Gasteiger partial charge on any atom is -0.341 e. The van der Waals surface area contributed by atoms with E-state index in [1.807, 2.05) is 66.1 Å². The largest absolute Gasteiger partial charge is 0.341 e. The maximum Gasteiger partial charge on any atom is 0.321 e. The Labute approximate surface area is 167 Å². The SMILES string of the molecule is CNC(=O)NC(=O)CSc1nnc(Cc2ccccc2)n1-c1cccc(C)c1. The molecule has 3 rings (SSSR count). The number of benzene rings is 2. The standard InChI is InChI=1S/C20H21N5O2S/c1-14-7-6-10-16(11-14)25-17(12-15-8-4-3-5-9-15)23-24-20(25)28-13-18(26)22-19(27)21-2/h3-11H,12-13H2,1-2H3,(H2,21,22,26,27). The summed E-state index contributed by atoms with van der Waals surface area (Å²) in [7, 11) is 1.46. The molecule has 0 aliphatic rings. The van der Waals surface area contributed by atoms with Gasteiger partial charge in [-0.05, 0) is 30.2 Å². The zero-order chi connectivity index (χ0) is 19.9. The van der Waals surface area contributed by atoms with Gasteiger partial charge < -0.3 is 5.32 Å². The molecule has 144 valence electrons. The summed E-state index contributed by atoms with van der Waals surface area (Å²) < 4.78 is 1.96. The van der Waals surface area contributed by atoms with E-state index in [-0.39, 0.29) is 5.75 Å². The van der Waals surface area contributed by atoms with Crippen LogP contribution in [0.3, 0.4) is 0 Å². The van der Waals surface area contributed by atoms with Crippen LogP contribution in [0.1, 0.15) is 17.0 Å². The van der Waals surface area contributed by atoms with Crippen LogP contribution in [-0.4, -0.2) is 39.5 Å². The zero-order valence-corrected chi connectivity index (χ0v) is 16.5. The fraction of sp³-hybridized carbons (Fsp3) is 0.200. The Kier molecular flexibility index (Phi) is 6.44. The molecule has 0 bridgehead atoms. The molecule has 2 N–H and O–H groups in total. The van der Waals surface area contributed by atoms with Crippen molar-refractivity contribution in [2.45, 2.75) is 18.5 Å². The number of rotatable bonds is 6. The number of carbonyl (C=O) groups excluding carboxylic acids is 2. The number of imide groups is 1. The molecule has 0 aliphatic heterocycles. The van der Waals surface area contributed by atoms with Crippen LogP contribution in [0.4, 0.5) is 4.79 Å². The van der Waals surface area contributed by atoms with Crippen molar-refractivity contribution in [3.05, 3.63) is 71.5 Å². The van der Waals surface area contributed by atoms with Gasteiger partial charge in [0.2, 0.25) is 5.91 Å². The quantitative estimate of drug-likeness (QED) is 0.627. The topological polar surface area (TPSA) is 88.9 Å². The van der Waals surface area contributed by atoms with Gasteiger partial charge in [0.15, 0.2) is 5.16 Å². The molecule has 3 amide bonds. The van der Waals surface area contributed by atoms with Crippen molar-refractivity contribution in [3.8, 4) is 5.69 Å². The van der Waals surface area contributed by atoms with Crippen molar-refractivity contribution in [1.29, 1.82) is 0 Å². The summed E-state index contributed by atoms with van der Waals surface area (Å²) in [4.78, 5) is 23.2. The number of thioether (sulfide) groups is 1. The van der Waals surface area contributed by atoms with Crippen molar-refractivity contribution in [1.82, 2.24) is 25.4 Å². The Morgan fingerprint density at radius 3 is 2.57 bits per heavy atom. The molecule has 7 nitrogen and oxygen atoms in total. The Bertz CT molecular complexity index is 972. The second kappa shape index (κ2) is 9.18. The number of aryl methyl sites for hydroxylation is 1. The van der Waals surface area contributed by atoms with E-state index in [9.17, 15) is 9.59 Å². The molecule has 0 unspecified atom stereocenters. The monoisotopic (exact) mass is 395 g/mol. The Morgan fingerprint density at radius 2 is 1.86 bits per heavy atom. The van der Waals surface area contributed by atoms with Gasteiger partial charge in [0.05, 0.1) is 5.75 Å². The fourth-order valence-electron chi connectivity index (χ4n) is 2.67. The molecule has 0 saturated carbocycles. The minimum atomic E-state index is -0.532. The smallest absolute Gasteiger partial charge is 0.321 e. The van der Waals surface area contributed by atoms with Gasteiger partial charge in [0.1, 0.15) is 5.82 Å². The average molecular weight is 395 g/mol. The van der Waals surface area contributed by atoms with Crippen molar-refractivity contribution in [3.63, 3.8) is 0 Å². The summed E-state index contributed by atoms with van der Waals surface area (Å²) in [5, 5.41) is 13.8. The van der Waals surface area contributed by atoms with Gasteiger partial charge >= 0.3 is 6.03 Å². The normalized spacial score (nSPS) is 10.5. The van der Waals surface area contributed by atoms with Crippen LogP contribution >= 0.6 is 11.8 Å². The van der Waals surface area contributed by atoms with Crippen molar-refractivity contribution < 1.29 is 9.59 Å². The lowest BCUT2D eigenvalue weighted by atomic mass is 10.1. The third-order valence-corrected chi connectivity index (χ3v) is 4.91. The highest BCUT2D eigenvalue weighted by Crippen LogP contribution is 2.24. The summed E-state index contributed by atoms with van der Waals surface area (Å²) in [5.74, 6) is 0.446. The van der Waals surface area contributed by atoms with Gasteiger partial charge in [-0.2, -0.15) is 0 Å². The first-order valence-corrected chi connectivity index (χ1v) is 9.75. The van der Waals surface area contributed by atoms with E-state index < -0.39 is 11.9 Å². The number of nitrogens with zero attached hydrogens (tertiary/aromatic N) is 3. The van der Waals surface area contributed by atoms with Crippen LogP contribution in [0.2, 0.25) is 0 Å². The Morgan fingerprint density at radius 1 is 1.07 bits per heavy atom. The predicted molar refractivity (Wildman–Crippen MR) is 109 cm³/mol. The van der Waals surface area contributed by atoms with Crippen LogP contribution in [0.15, 0.2) is 59.8 Å². The molecule has 1 aromatic heterocycles. The maximum absolute atomic E-state index is 11.9. The summed E-state index contributed by atoms with van der Waals surface area (Å²) >= 11 is 1.24. The molecule has 0 radical (unpaired) electrons. The van der Waals surface area contributed by atoms with Gasteiger partial charge in [-0.3, -0.25) is 14.7 Å². The zero-order valence-electron chi connectivity index (χ0n) is 15.7. The van der Waals surface area contributed by atoms with Gasteiger partial charge in [-0.1, -0.05) is 54.2 Å². The first-order valence-electron chi connectivity index (χ1n) is 8.76. The highest BCUT2D eigenvalue weighted by atomic mass is 32.2. The van der Waals surface area contributed by atoms with E-state index in [2.05, 4.69) is 20.8 Å². The van der Waals surface area contributed by atoms with Crippen LogP contribution < -0.4 is 10.6 Å². The maximum atomic E-state index is 11.9. The molecule has 1 heterocycles. The molecule has 0 aliphatic carbocycles. The van der Waals surface area contributed by atoms with Crippen LogP contribution in [0, 0.1) is 6.92 Å². The Hall–Kier alpha value is -3.13. The fourth-order valence-corrected chi connectivity index (χ4v) is 3.44. The second-order valence-corrected chi connectivity index (χ2v) is 7.09. The van der Waals surface area contributed by atoms with Crippen LogP contribution in [0.25, 0.3) is 5.69 Å². The first-order chi connectivity index (χ1) is 13.6. The van der Waals surface area contributed by atoms with E-state index in [1.54, 1.807) is 0 Å². The van der Waals surface area contributed by atoms with Crippen molar-refractivity contribution in [2.75, 3.05) is 12.8 Å². The first kappa shape index (κ1) is 19.6. The number of hydrogen-bond donors (Lipinski definition) is 2. The van der Waals surface area contributed by atoms with Gasteiger partial charge in [0, 0.05) is 19.2 Å². The van der Waals surface area contributed by atoms with Crippen LogP contribution in [0.5, 0.6) is 0 Å². The molecule has 2 aromatic carbocycles. The van der Waals surface area contributed by atoms with Gasteiger partial charge in [-0.15, -0.1) is 10.2 Å². The molecule has 0 saturated heterocycles. The molecule has 8 heteroatoms. The summed E-state index contributed by atoms with van der Waals surface area (Å²) in [6.45, 7) is 2.02. The number of nitrogens with one attached hydrogen (secondary N) is 2. The molecular weight excluding hydrogens is 374 g/mol. The third-order valence-electron chi connectivity index (χ3n) is 3.98. The number of amides is 3. The molecule has 0 spiro atoms. The van der Waals surface area contributed by atoms with E-state index in [0.29, 0.717) is 11.6 Å². The molecular formula is C20H21N5O2S. The van der Waals surface area contributed by atoms with E-state index in [1.165, 1.54) is 18.8 Å². The number of carbonyl (C=O) groups is 2. The minimum absolute atomic E-state index is 0.0582. The van der Waals surface area contributed by atoms with Crippen molar-refractivity contribution >= 4 is 23.7 Å². The predicted octanol–water partition coefficient (Wildman–Crippen LogP) is 2.71. The lowest BCUT2D eigenvalue weighted by Gasteiger charge is -2.11. The number of aromatic nitrogens is 3. The Balaban J connectivity index is 1.87. The molecule has 0 fully saturated rings.